The third kappa shape index (κ3) is 5.83. The van der Waals surface area contributed by atoms with Gasteiger partial charge in [0.05, 0.1) is 24.0 Å². The molecular formula is C30H33FN6O3. The number of para-hydroxylation sites is 1. The van der Waals surface area contributed by atoms with Gasteiger partial charge >= 0.3 is 6.03 Å². The fraction of sp³-hybridized carbons (Fsp3) is 0.300. The van der Waals surface area contributed by atoms with Crippen molar-refractivity contribution >= 4 is 11.8 Å². The molecule has 208 valence electrons. The summed E-state index contributed by atoms with van der Waals surface area (Å²) in [6.07, 6.45) is 1.73. The van der Waals surface area contributed by atoms with Crippen molar-refractivity contribution in [2.75, 3.05) is 38.7 Å². The van der Waals surface area contributed by atoms with Crippen LogP contribution in [0, 0.1) is 12.7 Å². The number of anilines is 1. The first-order chi connectivity index (χ1) is 19.3. The molecule has 9 nitrogen and oxygen atoms in total. The predicted octanol–water partition coefficient (Wildman–Crippen LogP) is 3.92. The molecule has 0 unspecified atom stereocenters. The lowest BCUT2D eigenvalue weighted by Gasteiger charge is -2.21. The molecule has 0 radical (unpaired) electrons. The van der Waals surface area contributed by atoms with Gasteiger partial charge in [-0.25, -0.2) is 13.9 Å². The van der Waals surface area contributed by atoms with Crippen molar-refractivity contribution in [3.63, 3.8) is 0 Å². The van der Waals surface area contributed by atoms with Crippen LogP contribution in [0.4, 0.5) is 15.0 Å². The van der Waals surface area contributed by atoms with Crippen LogP contribution in [0.2, 0.25) is 0 Å². The number of aromatic nitrogens is 3. The molecule has 5 rings (SSSR count). The molecule has 0 saturated carbocycles. The van der Waals surface area contributed by atoms with E-state index in [1.807, 2.05) is 43.3 Å². The highest BCUT2D eigenvalue weighted by molar-refractivity contribution is 5.91. The number of ether oxygens (including phenoxy) is 1. The molecule has 0 aliphatic carbocycles. The van der Waals surface area contributed by atoms with Gasteiger partial charge in [0.25, 0.3) is 0 Å². The molecule has 40 heavy (non-hydrogen) atoms. The Morgan fingerprint density at radius 3 is 2.62 bits per heavy atom. The average Bonchev–Trinajstić information content (AvgIpc) is 3.50. The van der Waals surface area contributed by atoms with E-state index < -0.39 is 0 Å². The zero-order valence-corrected chi connectivity index (χ0v) is 22.8. The Labute approximate surface area is 232 Å². The van der Waals surface area contributed by atoms with Crippen LogP contribution in [0.5, 0.6) is 0 Å². The van der Waals surface area contributed by atoms with Gasteiger partial charge < -0.3 is 14.6 Å². The second-order valence-electron chi connectivity index (χ2n) is 10.1. The van der Waals surface area contributed by atoms with E-state index in [1.165, 1.54) is 22.8 Å². The van der Waals surface area contributed by atoms with Crippen molar-refractivity contribution in [3.8, 4) is 16.9 Å². The molecule has 10 heteroatoms. The number of carbonyl (C=O) groups excluding carboxylic acids is 1. The van der Waals surface area contributed by atoms with Crippen molar-refractivity contribution in [2.24, 2.45) is 7.05 Å². The van der Waals surface area contributed by atoms with E-state index in [0.29, 0.717) is 37.8 Å². The highest BCUT2D eigenvalue weighted by atomic mass is 19.1. The number of amides is 2. The molecule has 0 spiro atoms. The number of carbonyl (C=O) groups is 1. The van der Waals surface area contributed by atoms with Crippen LogP contribution in [0.25, 0.3) is 16.9 Å². The van der Waals surface area contributed by atoms with Crippen LogP contribution in [-0.2, 0) is 11.8 Å². The van der Waals surface area contributed by atoms with Crippen molar-refractivity contribution < 1.29 is 13.9 Å². The standard InChI is InChI=1S/C30H33FN6O3/c1-20-28(22-12-13-27(38)35(2)17-22)34-37(24-10-5-4-6-11-24)29(20)33-30(39)32-26-19-36(14-15-40-3)18-25(26)21-8-7-9-23(31)16-21/h4-13,16-17,25-26H,14-15,18-19H2,1-3H3,(H2,32,33,39)/t25-,26+/m0/s1. The number of benzene rings is 2. The normalized spacial score (nSPS) is 17.2. The van der Waals surface area contributed by atoms with E-state index in [9.17, 15) is 14.0 Å². The molecule has 2 atom stereocenters. The van der Waals surface area contributed by atoms with E-state index in [4.69, 9.17) is 9.84 Å². The monoisotopic (exact) mass is 544 g/mol. The molecule has 1 aliphatic heterocycles. The summed E-state index contributed by atoms with van der Waals surface area (Å²) >= 11 is 0. The third-order valence-corrected chi connectivity index (χ3v) is 7.31. The van der Waals surface area contributed by atoms with Crippen molar-refractivity contribution in [1.82, 2.24) is 24.6 Å². The SMILES string of the molecule is COCCN1C[C@@H](NC(=O)Nc2c(C)c(-c3ccc(=O)n(C)c3)nn2-c2ccccc2)[C@H](c2cccc(F)c2)C1. The van der Waals surface area contributed by atoms with Gasteiger partial charge in [-0.15, -0.1) is 0 Å². The molecule has 2 amide bonds. The summed E-state index contributed by atoms with van der Waals surface area (Å²) in [4.78, 5) is 27.7. The van der Waals surface area contributed by atoms with E-state index in [1.54, 1.807) is 37.2 Å². The Bertz CT molecular complexity index is 1550. The number of nitrogens with zero attached hydrogens (tertiary/aromatic N) is 4. The molecule has 3 heterocycles. The van der Waals surface area contributed by atoms with Crippen LogP contribution < -0.4 is 16.2 Å². The number of rotatable bonds is 8. The summed E-state index contributed by atoms with van der Waals surface area (Å²) in [7, 11) is 3.35. The van der Waals surface area contributed by atoms with Gasteiger partial charge in [0.1, 0.15) is 11.6 Å². The maximum Gasteiger partial charge on any atom is 0.320 e. The summed E-state index contributed by atoms with van der Waals surface area (Å²) in [5.41, 5.74) is 3.67. The smallest absolute Gasteiger partial charge is 0.320 e. The Morgan fingerprint density at radius 1 is 1.10 bits per heavy atom. The largest absolute Gasteiger partial charge is 0.383 e. The Hall–Kier alpha value is -4.28. The minimum Gasteiger partial charge on any atom is -0.383 e. The van der Waals surface area contributed by atoms with Gasteiger partial charge in [0, 0.05) is 63.1 Å². The van der Waals surface area contributed by atoms with Crippen LogP contribution >= 0.6 is 0 Å². The molecule has 1 fully saturated rings. The lowest BCUT2D eigenvalue weighted by molar-refractivity contribution is 0.159. The second-order valence-corrected chi connectivity index (χ2v) is 10.1. The Kier molecular flexibility index (Phi) is 8.09. The second kappa shape index (κ2) is 11.8. The van der Waals surface area contributed by atoms with Gasteiger partial charge in [-0.05, 0) is 42.8 Å². The summed E-state index contributed by atoms with van der Waals surface area (Å²) in [5.74, 6) is 0.132. The number of methoxy groups -OCH3 is 1. The van der Waals surface area contributed by atoms with Gasteiger partial charge in [-0.1, -0.05) is 30.3 Å². The highest BCUT2D eigenvalue weighted by Gasteiger charge is 2.35. The third-order valence-electron chi connectivity index (χ3n) is 7.31. The number of hydrogen-bond donors (Lipinski definition) is 2. The average molecular weight is 545 g/mol. The molecule has 2 aromatic carbocycles. The van der Waals surface area contributed by atoms with Crippen molar-refractivity contribution in [1.29, 1.82) is 0 Å². The number of urea groups is 1. The van der Waals surface area contributed by atoms with E-state index in [-0.39, 0.29) is 29.4 Å². The fourth-order valence-corrected chi connectivity index (χ4v) is 5.23. The first-order valence-corrected chi connectivity index (χ1v) is 13.2. The Morgan fingerprint density at radius 2 is 1.90 bits per heavy atom. The van der Waals surface area contributed by atoms with Gasteiger partial charge in [0.2, 0.25) is 5.56 Å². The van der Waals surface area contributed by atoms with Gasteiger partial charge in [-0.3, -0.25) is 15.0 Å². The first kappa shape index (κ1) is 27.3. The van der Waals surface area contributed by atoms with E-state index in [2.05, 4.69) is 15.5 Å². The first-order valence-electron chi connectivity index (χ1n) is 13.2. The zero-order valence-electron chi connectivity index (χ0n) is 22.8. The van der Waals surface area contributed by atoms with Crippen LogP contribution in [0.3, 0.4) is 0 Å². The lowest BCUT2D eigenvalue weighted by Crippen LogP contribution is -2.42. The molecule has 0 bridgehead atoms. The van der Waals surface area contributed by atoms with Crippen LogP contribution in [0.1, 0.15) is 17.0 Å². The Balaban J connectivity index is 1.44. The molecule has 2 N–H and O–H groups in total. The molecule has 1 aliphatic rings. The fourth-order valence-electron chi connectivity index (χ4n) is 5.23. The van der Waals surface area contributed by atoms with Gasteiger partial charge in [0.15, 0.2) is 0 Å². The van der Waals surface area contributed by atoms with Crippen LogP contribution in [0.15, 0.2) is 77.7 Å². The molecule has 1 saturated heterocycles. The van der Waals surface area contributed by atoms with E-state index >= 15 is 0 Å². The summed E-state index contributed by atoms with van der Waals surface area (Å²) in [6.45, 7) is 4.46. The number of pyridine rings is 1. The maximum atomic E-state index is 14.1. The minimum absolute atomic E-state index is 0.0837. The number of likely N-dealkylation sites (tertiary alicyclic amines) is 1. The topological polar surface area (TPSA) is 93.4 Å². The number of aryl methyl sites for hydroxylation is 1. The quantitative estimate of drug-likeness (QED) is 0.351. The lowest BCUT2D eigenvalue weighted by atomic mass is 9.94. The number of hydrogen-bond acceptors (Lipinski definition) is 5. The van der Waals surface area contributed by atoms with Crippen LogP contribution in [-0.4, -0.2) is 64.7 Å². The van der Waals surface area contributed by atoms with Crippen molar-refractivity contribution in [2.45, 2.75) is 18.9 Å². The van der Waals surface area contributed by atoms with Crippen molar-refractivity contribution in [3.05, 3.63) is 100 Å². The van der Waals surface area contributed by atoms with Gasteiger partial charge in [-0.2, -0.15) is 5.10 Å². The minimum atomic E-state index is -0.382. The highest BCUT2D eigenvalue weighted by Crippen LogP contribution is 2.31. The summed E-state index contributed by atoms with van der Waals surface area (Å²) < 4.78 is 22.5. The van der Waals surface area contributed by atoms with E-state index in [0.717, 1.165) is 22.4 Å². The number of halogens is 1. The number of nitrogens with one attached hydrogen (secondary N) is 2. The predicted molar refractivity (Wildman–Crippen MR) is 152 cm³/mol. The maximum absolute atomic E-state index is 14.1. The molecule has 2 aromatic heterocycles. The molecule has 4 aromatic rings. The molecular weight excluding hydrogens is 511 g/mol. The summed E-state index contributed by atoms with van der Waals surface area (Å²) in [5, 5.41) is 11.0. The summed E-state index contributed by atoms with van der Waals surface area (Å²) in [6, 6.07) is 18.7. The zero-order chi connectivity index (χ0) is 28.2.